The highest BCUT2D eigenvalue weighted by molar-refractivity contribution is 6.09. The molecule has 0 aromatic carbocycles. The van der Waals surface area contributed by atoms with E-state index < -0.39 is 17.2 Å². The van der Waals surface area contributed by atoms with Crippen molar-refractivity contribution in [3.8, 4) is 0 Å². The van der Waals surface area contributed by atoms with Crippen LogP contribution < -0.4 is 27.8 Å². The Bertz CT molecular complexity index is 1930. The quantitative estimate of drug-likeness (QED) is 0.200. The number of carbonyl (C=O) groups is 5. The van der Waals surface area contributed by atoms with Crippen LogP contribution in [0.25, 0.3) is 0 Å². The number of rotatable bonds is 7. The van der Waals surface area contributed by atoms with Crippen LogP contribution in [0.15, 0.2) is 37.8 Å². The lowest BCUT2D eigenvalue weighted by Gasteiger charge is -2.33. The molecule has 0 aliphatic carbocycles. The largest absolute Gasteiger partial charge is 0.480 e. The Morgan fingerprint density at radius 2 is 1.38 bits per heavy atom. The number of aliphatic imine (C=N–C) groups is 1. The van der Waals surface area contributed by atoms with E-state index in [-0.39, 0.29) is 71.8 Å². The van der Waals surface area contributed by atoms with Crippen LogP contribution in [0, 0.1) is 12.8 Å². The number of imide groups is 1. The summed E-state index contributed by atoms with van der Waals surface area (Å²) < 4.78 is 2.66. The lowest BCUT2D eigenvalue weighted by atomic mass is 10.00. The zero-order valence-electron chi connectivity index (χ0n) is 34.9. The molecule has 2 aromatic heterocycles. The number of carboxylic acid groups (broad SMARTS) is 1. The molecule has 2 fully saturated rings. The van der Waals surface area contributed by atoms with Crippen molar-refractivity contribution in [2.24, 2.45) is 10.9 Å². The molecule has 312 valence electrons. The Hall–Kier alpha value is -5.62. The van der Waals surface area contributed by atoms with Crippen molar-refractivity contribution in [1.29, 1.82) is 0 Å². The third-order valence-corrected chi connectivity index (χ3v) is 8.41. The number of carboxylic acids is 1. The van der Waals surface area contributed by atoms with E-state index in [4.69, 9.17) is 5.11 Å². The standard InChI is InChI=1S/C9H15NO2.C8H12N2O2.C7H11N3O3.C7H11NO2.C6H11N3/c1-6(2)10-8(12)5-7(11)9(10,3)4;1-5(2)10-6(3)4-7(11)9-8(10)12;1-4(2)6-8-9-7(13)10(6)3-5(11)12;1-5(2)8-6(9)3-4-7(8)10;1-4(2)6-7-5(3)8-9-6/h6H,5H2,1-4H3;4-5H,1-3H3,(H,9,11,12);4H,3H2,1-2H3,(H,9,13)(H,11,12);5H,3-4H2,1-2H3;4,8H,3H2,1-2H3,(H,7,9). The predicted molar refractivity (Wildman–Crippen MR) is 211 cm³/mol. The van der Waals surface area contributed by atoms with Crippen molar-refractivity contribution in [2.75, 3.05) is 0 Å². The third-order valence-electron chi connectivity index (χ3n) is 8.41. The first kappa shape index (κ1) is 48.4. The minimum Gasteiger partial charge on any atom is -0.480 e. The fraction of sp³-hybridized carbons (Fsp3) is 0.622. The second-order valence-corrected chi connectivity index (χ2v) is 15.2. The number of nitrogens with one attached hydrogen (secondary N) is 4. The van der Waals surface area contributed by atoms with Crippen molar-refractivity contribution in [2.45, 2.75) is 145 Å². The maximum Gasteiger partial charge on any atom is 0.343 e. The summed E-state index contributed by atoms with van der Waals surface area (Å²) in [6.45, 7) is 27.8. The summed E-state index contributed by atoms with van der Waals surface area (Å²) in [7, 11) is 0. The SMILES string of the molecule is C=C1N=C(C(C)C)NN1.CC(C)N1C(=O)CC(=O)C1(C)C.CC(C)N1C(=O)CCC1=O.CC(C)c1n[nH]c(=O)n1CC(=O)O.Cc1cc(=O)[nH]c(=O)n1C(C)C. The van der Waals surface area contributed by atoms with Gasteiger partial charge in [0.15, 0.2) is 5.78 Å². The Morgan fingerprint density at radius 3 is 1.68 bits per heavy atom. The number of likely N-dealkylation sites (tertiary alicyclic amines) is 2. The van der Waals surface area contributed by atoms with Gasteiger partial charge in [0.1, 0.15) is 24.0 Å². The van der Waals surface area contributed by atoms with Gasteiger partial charge in [-0.2, -0.15) is 5.10 Å². The van der Waals surface area contributed by atoms with Crippen molar-refractivity contribution in [3.63, 3.8) is 0 Å². The van der Waals surface area contributed by atoms with Crippen molar-refractivity contribution >= 4 is 35.3 Å². The Balaban J connectivity index is 0.000000352. The van der Waals surface area contributed by atoms with Crippen LogP contribution in [0.4, 0.5) is 0 Å². The summed E-state index contributed by atoms with van der Waals surface area (Å²) >= 11 is 0. The molecule has 3 aliphatic rings. The molecule has 0 atom stereocenters. The Morgan fingerprint density at radius 1 is 0.821 bits per heavy atom. The van der Waals surface area contributed by atoms with Gasteiger partial charge in [-0.3, -0.25) is 58.6 Å². The Kier molecular flexibility index (Phi) is 18.1. The van der Waals surface area contributed by atoms with Crippen LogP contribution in [-0.2, 0) is 30.5 Å². The topological polar surface area (TPSA) is 254 Å². The molecule has 3 amide bonds. The smallest absolute Gasteiger partial charge is 0.343 e. The Labute approximate surface area is 326 Å². The number of hydrogen-bond donors (Lipinski definition) is 5. The zero-order valence-corrected chi connectivity index (χ0v) is 34.9. The van der Waals surface area contributed by atoms with E-state index in [1.54, 1.807) is 30.2 Å². The molecule has 2 aromatic rings. The summed E-state index contributed by atoms with van der Waals surface area (Å²) in [5.74, 6) is 1.47. The first-order valence-corrected chi connectivity index (χ1v) is 18.4. The fourth-order valence-corrected chi connectivity index (χ4v) is 5.92. The van der Waals surface area contributed by atoms with Gasteiger partial charge in [0, 0.05) is 54.6 Å². The molecule has 19 nitrogen and oxygen atoms in total. The van der Waals surface area contributed by atoms with Crippen LogP contribution in [0.1, 0.15) is 126 Å². The number of carbonyl (C=O) groups excluding carboxylic acids is 4. The number of aliphatic carboxylic acids is 1. The number of Topliss-reactive ketones (excluding diaryl/α,β-unsaturated/α-hetero) is 1. The number of amidine groups is 1. The summed E-state index contributed by atoms with van der Waals surface area (Å²) in [6.07, 6.45) is 0.874. The van der Waals surface area contributed by atoms with E-state index in [0.29, 0.717) is 36.1 Å². The lowest BCUT2D eigenvalue weighted by Crippen LogP contribution is -2.48. The van der Waals surface area contributed by atoms with Crippen LogP contribution in [0.5, 0.6) is 0 Å². The van der Waals surface area contributed by atoms with Crippen LogP contribution in [-0.4, -0.2) is 92.2 Å². The van der Waals surface area contributed by atoms with Crippen LogP contribution in [0.3, 0.4) is 0 Å². The highest BCUT2D eigenvalue weighted by Crippen LogP contribution is 2.28. The maximum atomic E-state index is 11.4. The molecule has 3 aliphatic heterocycles. The predicted octanol–water partition coefficient (Wildman–Crippen LogP) is 2.34. The highest BCUT2D eigenvalue weighted by Gasteiger charge is 2.46. The number of H-pyrrole nitrogens is 2. The molecule has 5 heterocycles. The molecule has 19 heteroatoms. The summed E-state index contributed by atoms with van der Waals surface area (Å²) in [5, 5.41) is 14.5. The molecule has 0 spiro atoms. The summed E-state index contributed by atoms with van der Waals surface area (Å²) in [6, 6.07) is 1.64. The number of aromatic nitrogens is 5. The second-order valence-electron chi connectivity index (χ2n) is 15.2. The molecule has 0 unspecified atom stereocenters. The van der Waals surface area contributed by atoms with Gasteiger partial charge >= 0.3 is 17.3 Å². The van der Waals surface area contributed by atoms with Gasteiger partial charge in [0.2, 0.25) is 17.7 Å². The molecule has 2 saturated heterocycles. The summed E-state index contributed by atoms with van der Waals surface area (Å²) in [4.78, 5) is 97.3. The lowest BCUT2D eigenvalue weighted by molar-refractivity contribution is -0.140. The fourth-order valence-electron chi connectivity index (χ4n) is 5.92. The molecular formula is C37H60N10O9. The van der Waals surface area contributed by atoms with E-state index in [0.717, 1.165) is 10.4 Å². The van der Waals surface area contributed by atoms with E-state index >= 15 is 0 Å². The monoisotopic (exact) mass is 788 g/mol. The zero-order chi connectivity index (χ0) is 43.4. The van der Waals surface area contributed by atoms with E-state index in [1.165, 1.54) is 11.0 Å². The van der Waals surface area contributed by atoms with Crippen molar-refractivity contribution in [3.05, 3.63) is 61.3 Å². The number of hydrazine groups is 1. The second kappa shape index (κ2) is 20.9. The molecule has 0 bridgehead atoms. The van der Waals surface area contributed by atoms with E-state index in [9.17, 15) is 38.4 Å². The molecule has 0 radical (unpaired) electrons. The van der Waals surface area contributed by atoms with Gasteiger partial charge in [0.25, 0.3) is 5.56 Å². The molecule has 5 N–H and O–H groups in total. The number of aryl methyl sites for hydroxylation is 1. The van der Waals surface area contributed by atoms with E-state index in [2.05, 4.69) is 51.5 Å². The van der Waals surface area contributed by atoms with Crippen LogP contribution >= 0.6 is 0 Å². The van der Waals surface area contributed by atoms with Gasteiger partial charge in [-0.05, 0) is 62.3 Å². The number of nitrogens with zero attached hydrogens (tertiary/aromatic N) is 6. The maximum absolute atomic E-state index is 11.4. The normalized spacial score (nSPS) is 15.8. The van der Waals surface area contributed by atoms with Crippen molar-refractivity contribution < 1.29 is 29.1 Å². The average Bonchev–Trinajstić information content (AvgIpc) is 3.78. The van der Waals surface area contributed by atoms with Gasteiger partial charge in [0.05, 0.1) is 12.0 Å². The minimum atomic E-state index is -1.05. The minimum absolute atomic E-state index is 0.0262. The first-order valence-electron chi connectivity index (χ1n) is 18.4. The van der Waals surface area contributed by atoms with Gasteiger partial charge in [-0.1, -0.05) is 34.3 Å². The molecule has 0 saturated carbocycles. The highest BCUT2D eigenvalue weighted by atomic mass is 16.4. The number of hydrogen-bond acceptors (Lipinski definition) is 12. The third kappa shape index (κ3) is 13.6. The average molecular weight is 789 g/mol. The number of amides is 3. The molecule has 56 heavy (non-hydrogen) atoms. The number of aromatic amines is 2. The first-order chi connectivity index (χ1) is 25.7. The van der Waals surface area contributed by atoms with Gasteiger partial charge in [-0.15, -0.1) is 0 Å². The van der Waals surface area contributed by atoms with E-state index in [1.807, 2.05) is 55.4 Å². The number of ketones is 1. The molecular weight excluding hydrogens is 728 g/mol. The van der Waals surface area contributed by atoms with Gasteiger partial charge in [-0.25, -0.2) is 19.7 Å². The van der Waals surface area contributed by atoms with Crippen LogP contribution in [0.2, 0.25) is 0 Å². The molecule has 5 rings (SSSR count). The summed E-state index contributed by atoms with van der Waals surface area (Å²) in [5.41, 5.74) is 4.65. The van der Waals surface area contributed by atoms with Crippen molar-refractivity contribution in [1.82, 2.24) is 45.0 Å². The van der Waals surface area contributed by atoms with Gasteiger partial charge < -0.3 is 10.0 Å².